The van der Waals surface area contributed by atoms with Gasteiger partial charge in [-0.2, -0.15) is 23.4 Å². The molecular formula is C26H27ClF3N7O2. The van der Waals surface area contributed by atoms with Crippen LogP contribution in [-0.4, -0.2) is 48.6 Å². The molecule has 39 heavy (non-hydrogen) atoms. The van der Waals surface area contributed by atoms with E-state index in [0.29, 0.717) is 24.3 Å². The van der Waals surface area contributed by atoms with Gasteiger partial charge < -0.3 is 21.5 Å². The molecule has 2 aromatic heterocycles. The summed E-state index contributed by atoms with van der Waals surface area (Å²) in [6.07, 6.45) is -0.523. The summed E-state index contributed by atoms with van der Waals surface area (Å²) in [6.45, 7) is 2.90. The Bertz CT molecular complexity index is 1480. The molecule has 9 nitrogen and oxygen atoms in total. The summed E-state index contributed by atoms with van der Waals surface area (Å²) in [4.78, 5) is 13.9. The maximum Gasteiger partial charge on any atom is 0.417 e. The zero-order chi connectivity index (χ0) is 28.1. The van der Waals surface area contributed by atoms with Crippen molar-refractivity contribution in [2.45, 2.75) is 51.2 Å². The van der Waals surface area contributed by atoms with Crippen molar-refractivity contribution in [2.24, 2.45) is 11.1 Å². The highest BCUT2D eigenvalue weighted by molar-refractivity contribution is 6.32. The number of carbonyl (C=O) groups is 1. The first-order chi connectivity index (χ1) is 18.4. The summed E-state index contributed by atoms with van der Waals surface area (Å²) >= 11 is 6.04. The van der Waals surface area contributed by atoms with Gasteiger partial charge >= 0.3 is 6.18 Å². The monoisotopic (exact) mass is 561 g/mol. The summed E-state index contributed by atoms with van der Waals surface area (Å²) in [5.74, 6) is 5.30. The van der Waals surface area contributed by atoms with E-state index in [0.717, 1.165) is 25.3 Å². The average molecular weight is 562 g/mol. The van der Waals surface area contributed by atoms with Crippen LogP contribution in [0.4, 0.5) is 19.0 Å². The van der Waals surface area contributed by atoms with Crippen LogP contribution in [0, 0.1) is 17.3 Å². The number of nitrogens with two attached hydrogens (primary N) is 2. The zero-order valence-corrected chi connectivity index (χ0v) is 21.8. The van der Waals surface area contributed by atoms with Gasteiger partial charge in [-0.1, -0.05) is 29.7 Å². The number of rotatable bonds is 5. The largest absolute Gasteiger partial charge is 0.417 e. The predicted molar refractivity (Wildman–Crippen MR) is 138 cm³/mol. The van der Waals surface area contributed by atoms with Crippen LogP contribution in [0.25, 0.3) is 11.3 Å². The molecule has 5 rings (SSSR count). The Morgan fingerprint density at radius 3 is 2.77 bits per heavy atom. The quantitative estimate of drug-likeness (QED) is 0.323. The van der Waals surface area contributed by atoms with Gasteiger partial charge in [-0.3, -0.25) is 9.48 Å². The smallest absolute Gasteiger partial charge is 0.384 e. The van der Waals surface area contributed by atoms with E-state index in [1.54, 1.807) is 22.7 Å². The molecule has 206 valence electrons. The molecular weight excluding hydrogens is 535 g/mol. The first-order valence-electron chi connectivity index (χ1n) is 12.3. The number of hydrogen-bond acceptors (Lipinski definition) is 6. The van der Waals surface area contributed by atoms with Crippen LogP contribution in [0.15, 0.2) is 30.6 Å². The number of likely N-dealkylation sites (tertiary alicyclic amines) is 1. The molecule has 5 N–H and O–H groups in total. The Labute approximate surface area is 227 Å². The van der Waals surface area contributed by atoms with Crippen molar-refractivity contribution in [2.75, 3.05) is 18.8 Å². The first-order valence-corrected chi connectivity index (χ1v) is 12.7. The second kappa shape index (κ2) is 9.89. The Balaban J connectivity index is 1.36. The fourth-order valence-corrected chi connectivity index (χ4v) is 5.94. The molecule has 2 aliphatic rings. The lowest BCUT2D eigenvalue weighted by molar-refractivity contribution is -0.137. The Morgan fingerprint density at radius 2 is 2.10 bits per heavy atom. The highest BCUT2D eigenvalue weighted by Crippen LogP contribution is 2.55. The van der Waals surface area contributed by atoms with Crippen molar-refractivity contribution < 1.29 is 23.1 Å². The number of aromatic nitrogens is 4. The molecule has 1 atom stereocenters. The molecule has 1 aromatic carbocycles. The van der Waals surface area contributed by atoms with Crippen LogP contribution < -0.4 is 11.5 Å². The second-order valence-corrected chi connectivity index (χ2v) is 10.5. The molecule has 0 bridgehead atoms. The number of nitrogens with zero attached hydrogens (tertiary/aromatic N) is 5. The number of aliphatic hydroxyl groups is 1. The van der Waals surface area contributed by atoms with Gasteiger partial charge in [0.2, 0.25) is 0 Å². The maximum atomic E-state index is 13.2. The highest BCUT2D eigenvalue weighted by atomic mass is 35.5. The van der Waals surface area contributed by atoms with Crippen molar-refractivity contribution in [3.05, 3.63) is 52.3 Å². The van der Waals surface area contributed by atoms with E-state index >= 15 is 0 Å². The molecule has 1 saturated heterocycles. The van der Waals surface area contributed by atoms with Crippen molar-refractivity contribution in [3.8, 4) is 23.1 Å². The molecule has 1 unspecified atom stereocenters. The minimum Gasteiger partial charge on any atom is -0.384 e. The molecule has 13 heteroatoms. The normalized spacial score (nSPS) is 21.5. The summed E-state index contributed by atoms with van der Waals surface area (Å²) < 4.78 is 42.8. The predicted octanol–water partition coefficient (Wildman–Crippen LogP) is 3.58. The van der Waals surface area contributed by atoms with Gasteiger partial charge in [0.25, 0.3) is 5.91 Å². The van der Waals surface area contributed by atoms with E-state index in [2.05, 4.69) is 22.0 Å². The Kier molecular flexibility index (Phi) is 6.86. The molecule has 3 aromatic rings. The molecule has 0 radical (unpaired) electrons. The van der Waals surface area contributed by atoms with Gasteiger partial charge in [0.05, 0.1) is 34.9 Å². The van der Waals surface area contributed by atoms with Crippen molar-refractivity contribution in [3.63, 3.8) is 0 Å². The van der Waals surface area contributed by atoms with E-state index in [4.69, 9.17) is 23.1 Å². The number of amides is 1. The maximum absolute atomic E-state index is 13.2. The molecule has 2 fully saturated rings. The standard InChI is InChI=1S/C26H27ClF3N7O2/c1-2-4-19(38)35-8-7-25(14-35)9-17(10-25)37-23(31)20(24(32)39)22(34-37)16-11-33-36(13-16)12-15-5-3-6-18(21(15)27)26(28,29)30/h3,5-6,11,13,17,24,39H,7-10,12,14,31-32H2,1H3. The Hall–Kier alpha value is -3.53. The lowest BCUT2D eigenvalue weighted by Crippen LogP contribution is -2.42. The number of nitrogen functional groups attached to an aromatic ring is 1. The van der Waals surface area contributed by atoms with Crippen molar-refractivity contribution in [1.29, 1.82) is 0 Å². The van der Waals surface area contributed by atoms with Crippen LogP contribution in [0.5, 0.6) is 0 Å². The van der Waals surface area contributed by atoms with Crippen LogP contribution in [0.2, 0.25) is 5.02 Å². The van der Waals surface area contributed by atoms with E-state index < -0.39 is 18.0 Å². The van der Waals surface area contributed by atoms with E-state index in [-0.39, 0.29) is 45.9 Å². The fraction of sp³-hybridized carbons (Fsp3) is 0.423. The second-order valence-electron chi connectivity index (χ2n) is 10.2. The van der Waals surface area contributed by atoms with Crippen molar-refractivity contribution in [1.82, 2.24) is 24.5 Å². The molecule has 1 aliphatic carbocycles. The third-order valence-electron chi connectivity index (χ3n) is 7.55. The van der Waals surface area contributed by atoms with Gasteiger partial charge in [-0.05, 0) is 49.2 Å². The van der Waals surface area contributed by atoms with Gasteiger partial charge in [0.15, 0.2) is 0 Å². The number of benzene rings is 1. The minimum atomic E-state index is -4.57. The number of anilines is 1. The topological polar surface area (TPSA) is 128 Å². The van der Waals surface area contributed by atoms with E-state index in [1.807, 2.05) is 0 Å². The number of halogens is 4. The van der Waals surface area contributed by atoms with Gasteiger partial charge in [-0.25, -0.2) is 4.68 Å². The van der Waals surface area contributed by atoms with Crippen LogP contribution in [0.3, 0.4) is 0 Å². The average Bonchev–Trinajstić information content (AvgIpc) is 3.56. The fourth-order valence-electron chi connectivity index (χ4n) is 5.65. The van der Waals surface area contributed by atoms with E-state index in [9.17, 15) is 23.1 Å². The summed E-state index contributed by atoms with van der Waals surface area (Å²) in [5, 5.41) is 18.8. The Morgan fingerprint density at radius 1 is 1.36 bits per heavy atom. The lowest BCUT2D eigenvalue weighted by Gasteiger charge is -2.45. The van der Waals surface area contributed by atoms with Gasteiger partial charge in [0.1, 0.15) is 17.7 Å². The van der Waals surface area contributed by atoms with Gasteiger partial charge in [0, 0.05) is 24.8 Å². The zero-order valence-electron chi connectivity index (χ0n) is 21.0. The van der Waals surface area contributed by atoms with Crippen LogP contribution >= 0.6 is 11.6 Å². The van der Waals surface area contributed by atoms with Crippen molar-refractivity contribution >= 4 is 23.3 Å². The van der Waals surface area contributed by atoms with Crippen LogP contribution in [0.1, 0.15) is 55.1 Å². The van der Waals surface area contributed by atoms with Gasteiger partial charge in [-0.15, -0.1) is 0 Å². The molecule has 1 saturated carbocycles. The summed E-state index contributed by atoms with van der Waals surface area (Å²) in [6, 6.07) is 3.68. The molecule has 1 spiro atoms. The highest BCUT2D eigenvalue weighted by Gasteiger charge is 2.51. The third kappa shape index (κ3) is 4.97. The number of alkyl halides is 3. The number of aliphatic hydroxyl groups excluding tert-OH is 1. The SMILES string of the molecule is CC#CC(=O)N1CCC2(CC(n3nc(-c4cnn(Cc5cccc(C(F)(F)F)c5Cl)c4)c(C(N)O)c3N)C2)C1. The molecule has 1 aliphatic heterocycles. The minimum absolute atomic E-state index is 0.0117. The summed E-state index contributed by atoms with van der Waals surface area (Å²) in [5.41, 5.74) is 12.6. The lowest BCUT2D eigenvalue weighted by atomic mass is 9.65. The van der Waals surface area contributed by atoms with E-state index in [1.165, 1.54) is 23.0 Å². The number of carbonyl (C=O) groups excluding carboxylic acids is 1. The molecule has 1 amide bonds. The number of hydrogen-bond donors (Lipinski definition) is 3. The molecule has 3 heterocycles. The summed E-state index contributed by atoms with van der Waals surface area (Å²) in [7, 11) is 0. The third-order valence-corrected chi connectivity index (χ3v) is 7.99. The first kappa shape index (κ1) is 27.1. The van der Waals surface area contributed by atoms with Crippen LogP contribution in [-0.2, 0) is 17.5 Å².